The predicted molar refractivity (Wildman–Crippen MR) is 98.1 cm³/mol. The minimum absolute atomic E-state index is 0.128. The molecule has 2 aromatic rings. The van der Waals surface area contributed by atoms with Crippen LogP contribution in [0.3, 0.4) is 0 Å². The number of rotatable bonds is 4. The molecule has 0 radical (unpaired) electrons. The lowest BCUT2D eigenvalue weighted by Crippen LogP contribution is -2.32. The van der Waals surface area contributed by atoms with Crippen molar-refractivity contribution in [3.63, 3.8) is 0 Å². The first-order chi connectivity index (χ1) is 11.8. The molecule has 2 aromatic carbocycles. The molecule has 0 N–H and O–H groups in total. The number of ether oxygens (including phenoxy) is 3. The van der Waals surface area contributed by atoms with Crippen LogP contribution in [0.2, 0.25) is 0 Å². The maximum atomic E-state index is 6.46. The first-order valence-electron chi connectivity index (χ1n) is 8.31. The third-order valence-corrected chi connectivity index (χ3v) is 5.05. The fraction of sp³-hybridized carbons (Fsp3) is 0.400. The van der Waals surface area contributed by atoms with Gasteiger partial charge in [0.1, 0.15) is 12.2 Å². The summed E-state index contributed by atoms with van der Waals surface area (Å²) in [5.74, 6) is 0. The highest BCUT2D eigenvalue weighted by molar-refractivity contribution is 9.09. The van der Waals surface area contributed by atoms with Crippen LogP contribution in [0, 0.1) is 0 Å². The lowest BCUT2D eigenvalue weighted by atomic mass is 9.96. The van der Waals surface area contributed by atoms with E-state index in [1.807, 2.05) is 36.4 Å². The molecule has 1 aliphatic rings. The summed E-state index contributed by atoms with van der Waals surface area (Å²) in [6.07, 6.45) is 1.23. The average Bonchev–Trinajstić information content (AvgIpc) is 2.64. The normalized spacial score (nSPS) is 28.1. The summed E-state index contributed by atoms with van der Waals surface area (Å²) in [6.45, 7) is 0. The van der Waals surface area contributed by atoms with E-state index in [-0.39, 0.29) is 24.6 Å². The van der Waals surface area contributed by atoms with Crippen molar-refractivity contribution in [2.75, 3.05) is 12.4 Å². The molecule has 1 fully saturated rings. The average molecular weight is 391 g/mol. The lowest BCUT2D eigenvalue weighted by molar-refractivity contribution is -0.219. The monoisotopic (exact) mass is 390 g/mol. The van der Waals surface area contributed by atoms with E-state index in [9.17, 15) is 0 Å². The Hall–Kier alpha value is -1.20. The third kappa shape index (κ3) is 4.25. The van der Waals surface area contributed by atoms with E-state index in [0.29, 0.717) is 0 Å². The molecule has 24 heavy (non-hydrogen) atoms. The summed E-state index contributed by atoms with van der Waals surface area (Å²) in [4.78, 5) is 0. The van der Waals surface area contributed by atoms with Crippen LogP contribution in [0.25, 0.3) is 0 Å². The second kappa shape index (κ2) is 8.77. The van der Waals surface area contributed by atoms with Crippen molar-refractivity contribution in [2.45, 2.75) is 37.4 Å². The first kappa shape index (κ1) is 17.6. The Balaban J connectivity index is 1.99. The van der Waals surface area contributed by atoms with Crippen LogP contribution in [0.15, 0.2) is 60.7 Å². The highest BCUT2D eigenvalue weighted by Crippen LogP contribution is 2.39. The maximum absolute atomic E-state index is 6.46. The van der Waals surface area contributed by atoms with Gasteiger partial charge < -0.3 is 14.2 Å². The van der Waals surface area contributed by atoms with Crippen LogP contribution in [-0.2, 0) is 14.2 Å². The standard InChI is InChI=1S/C20H23BrO3/c1-22-18-13-12-17(14-21)23-19(15-8-4-2-5-9-15)20(24-18)16-10-6-3-7-11-16/h2-11,17-20H,12-14H2,1H3/t17-,18+,19+,20+/m0/s1. The number of alkyl halides is 1. The van der Waals surface area contributed by atoms with Crippen LogP contribution in [0.5, 0.6) is 0 Å². The Labute approximate surface area is 152 Å². The van der Waals surface area contributed by atoms with Gasteiger partial charge in [-0.25, -0.2) is 0 Å². The molecule has 0 aliphatic carbocycles. The topological polar surface area (TPSA) is 27.7 Å². The van der Waals surface area contributed by atoms with Crippen molar-refractivity contribution < 1.29 is 14.2 Å². The van der Waals surface area contributed by atoms with Crippen molar-refractivity contribution in [3.05, 3.63) is 71.8 Å². The second-order valence-corrected chi connectivity index (χ2v) is 6.60. The van der Waals surface area contributed by atoms with Crippen LogP contribution in [0.1, 0.15) is 36.2 Å². The highest BCUT2D eigenvalue weighted by Gasteiger charge is 2.33. The zero-order valence-corrected chi connectivity index (χ0v) is 15.4. The summed E-state index contributed by atoms with van der Waals surface area (Å²) in [5.41, 5.74) is 2.22. The molecule has 4 atom stereocenters. The molecule has 0 unspecified atom stereocenters. The third-order valence-electron chi connectivity index (χ3n) is 4.33. The van der Waals surface area contributed by atoms with Crippen molar-refractivity contribution in [1.29, 1.82) is 0 Å². The molecule has 0 aromatic heterocycles. The van der Waals surface area contributed by atoms with Crippen molar-refractivity contribution in [3.8, 4) is 0 Å². The SMILES string of the molecule is CO[C@H]1CC[C@@H](CBr)O[C@H](c2ccccc2)[C@@H](c2ccccc2)O1. The molecule has 4 heteroatoms. The van der Waals surface area contributed by atoms with E-state index in [1.54, 1.807) is 7.11 Å². The largest absolute Gasteiger partial charge is 0.366 e. The Morgan fingerprint density at radius 1 is 0.875 bits per heavy atom. The maximum Gasteiger partial charge on any atom is 0.158 e. The van der Waals surface area contributed by atoms with Crippen molar-refractivity contribution in [1.82, 2.24) is 0 Å². The van der Waals surface area contributed by atoms with Crippen LogP contribution >= 0.6 is 15.9 Å². The highest BCUT2D eigenvalue weighted by atomic mass is 79.9. The van der Waals surface area contributed by atoms with Gasteiger partial charge in [0.25, 0.3) is 0 Å². The van der Waals surface area contributed by atoms with E-state index in [1.165, 1.54) is 0 Å². The number of methoxy groups -OCH3 is 1. The summed E-state index contributed by atoms with van der Waals surface area (Å²) in [5, 5.41) is 0.800. The molecule has 3 rings (SSSR count). The molecule has 128 valence electrons. The minimum atomic E-state index is -0.230. The Morgan fingerprint density at radius 2 is 1.42 bits per heavy atom. The van der Waals surface area contributed by atoms with E-state index >= 15 is 0 Å². The van der Waals surface area contributed by atoms with Gasteiger partial charge in [-0.05, 0) is 17.5 Å². The summed E-state index contributed by atoms with van der Waals surface area (Å²) < 4.78 is 18.3. The Bertz CT molecular complexity index is 549. The summed E-state index contributed by atoms with van der Waals surface area (Å²) in [6, 6.07) is 20.5. The molecule has 1 aliphatic heterocycles. The summed E-state index contributed by atoms with van der Waals surface area (Å²) >= 11 is 3.58. The Morgan fingerprint density at radius 3 is 1.92 bits per heavy atom. The first-order valence-corrected chi connectivity index (χ1v) is 9.43. The van der Waals surface area contributed by atoms with E-state index in [0.717, 1.165) is 29.3 Å². The fourth-order valence-electron chi connectivity index (χ4n) is 3.05. The van der Waals surface area contributed by atoms with E-state index in [2.05, 4.69) is 40.2 Å². The van der Waals surface area contributed by atoms with Gasteiger partial charge in [0.15, 0.2) is 6.29 Å². The second-order valence-electron chi connectivity index (χ2n) is 5.95. The minimum Gasteiger partial charge on any atom is -0.366 e. The van der Waals surface area contributed by atoms with Crippen molar-refractivity contribution >= 4 is 15.9 Å². The quantitative estimate of drug-likeness (QED) is 0.684. The Kier molecular flexibility index (Phi) is 6.44. The zero-order chi connectivity index (χ0) is 16.8. The van der Waals surface area contributed by atoms with Gasteiger partial charge in [-0.15, -0.1) is 0 Å². The molecule has 0 spiro atoms. The number of benzene rings is 2. The van der Waals surface area contributed by atoms with Crippen LogP contribution < -0.4 is 0 Å². The van der Waals surface area contributed by atoms with Gasteiger partial charge in [-0.3, -0.25) is 0 Å². The smallest absolute Gasteiger partial charge is 0.158 e. The van der Waals surface area contributed by atoms with Crippen LogP contribution in [0.4, 0.5) is 0 Å². The number of halogens is 1. The zero-order valence-electron chi connectivity index (χ0n) is 13.8. The van der Waals surface area contributed by atoms with Gasteiger partial charge in [-0.2, -0.15) is 0 Å². The summed E-state index contributed by atoms with van der Waals surface area (Å²) in [7, 11) is 1.70. The van der Waals surface area contributed by atoms with E-state index < -0.39 is 0 Å². The molecular weight excluding hydrogens is 368 g/mol. The fourth-order valence-corrected chi connectivity index (χ4v) is 3.53. The molecule has 0 bridgehead atoms. The number of hydrogen-bond donors (Lipinski definition) is 0. The van der Waals surface area contributed by atoms with Gasteiger partial charge in [0.05, 0.1) is 6.10 Å². The lowest BCUT2D eigenvalue weighted by Gasteiger charge is -2.36. The van der Waals surface area contributed by atoms with Gasteiger partial charge >= 0.3 is 0 Å². The molecule has 1 heterocycles. The van der Waals surface area contributed by atoms with E-state index in [4.69, 9.17) is 14.2 Å². The molecular formula is C20H23BrO3. The number of hydrogen-bond acceptors (Lipinski definition) is 3. The molecule has 1 saturated heterocycles. The van der Waals surface area contributed by atoms with Gasteiger partial charge in [-0.1, -0.05) is 76.6 Å². The van der Waals surface area contributed by atoms with Crippen molar-refractivity contribution in [2.24, 2.45) is 0 Å². The molecule has 0 amide bonds. The van der Waals surface area contributed by atoms with Crippen LogP contribution in [-0.4, -0.2) is 24.8 Å². The molecule has 3 nitrogen and oxygen atoms in total. The van der Waals surface area contributed by atoms with Gasteiger partial charge in [0, 0.05) is 18.9 Å². The van der Waals surface area contributed by atoms with Gasteiger partial charge in [0.2, 0.25) is 0 Å². The predicted octanol–water partition coefficient (Wildman–Crippen LogP) is 5.03. The molecule has 0 saturated carbocycles.